The molecule has 0 saturated carbocycles. The van der Waals surface area contributed by atoms with E-state index in [2.05, 4.69) is 9.97 Å². The zero-order valence-electron chi connectivity index (χ0n) is 7.02. The standard InChI is InChI=1S/C7H9N3O2S/c1-4-2-9-7(10-6(4)8)13-3-5(11)12/h2H,3H2,1H3,(H,11,12)(H2,8,9,10). The average molecular weight is 199 g/mol. The molecule has 0 aromatic carbocycles. The number of carboxylic acid groups (broad SMARTS) is 1. The van der Waals surface area contributed by atoms with Gasteiger partial charge in [0.2, 0.25) is 0 Å². The molecule has 0 spiro atoms. The van der Waals surface area contributed by atoms with E-state index in [9.17, 15) is 4.79 Å². The molecule has 0 atom stereocenters. The summed E-state index contributed by atoms with van der Waals surface area (Å²) in [6, 6.07) is 0. The highest BCUT2D eigenvalue weighted by Crippen LogP contribution is 2.14. The minimum absolute atomic E-state index is 0.0531. The fourth-order valence-electron chi connectivity index (χ4n) is 0.634. The Morgan fingerprint density at radius 3 is 3.00 bits per heavy atom. The predicted octanol–water partition coefficient (Wildman–Crippen LogP) is 0.544. The molecule has 0 radical (unpaired) electrons. The van der Waals surface area contributed by atoms with E-state index in [1.54, 1.807) is 13.1 Å². The van der Waals surface area contributed by atoms with Crippen LogP contribution in [0.1, 0.15) is 5.56 Å². The Bertz CT molecular complexity index is 330. The number of anilines is 1. The topological polar surface area (TPSA) is 89.1 Å². The van der Waals surface area contributed by atoms with Gasteiger partial charge in [0.1, 0.15) is 5.82 Å². The first-order valence-electron chi connectivity index (χ1n) is 3.53. The van der Waals surface area contributed by atoms with Crippen molar-refractivity contribution in [2.75, 3.05) is 11.5 Å². The molecule has 0 unspecified atom stereocenters. The van der Waals surface area contributed by atoms with E-state index in [0.29, 0.717) is 11.0 Å². The quantitative estimate of drug-likeness (QED) is 0.545. The van der Waals surface area contributed by atoms with E-state index < -0.39 is 5.97 Å². The molecule has 5 nitrogen and oxygen atoms in total. The number of nitrogens with two attached hydrogens (primary N) is 1. The summed E-state index contributed by atoms with van der Waals surface area (Å²) in [7, 11) is 0. The largest absolute Gasteiger partial charge is 0.481 e. The minimum atomic E-state index is -0.896. The third-order valence-electron chi connectivity index (χ3n) is 1.31. The van der Waals surface area contributed by atoms with Crippen LogP contribution in [-0.2, 0) is 4.79 Å². The molecule has 0 fully saturated rings. The molecular weight excluding hydrogens is 190 g/mol. The van der Waals surface area contributed by atoms with Crippen LogP contribution >= 0.6 is 11.8 Å². The predicted molar refractivity (Wildman–Crippen MR) is 49.5 cm³/mol. The summed E-state index contributed by atoms with van der Waals surface area (Å²) in [4.78, 5) is 18.0. The third-order valence-corrected chi connectivity index (χ3v) is 2.16. The van der Waals surface area contributed by atoms with Gasteiger partial charge in [0.15, 0.2) is 5.16 Å². The highest BCUT2D eigenvalue weighted by Gasteiger charge is 2.03. The van der Waals surface area contributed by atoms with Gasteiger partial charge in [-0.1, -0.05) is 11.8 Å². The Hall–Kier alpha value is -1.30. The van der Waals surface area contributed by atoms with Crippen LogP contribution in [0.5, 0.6) is 0 Å². The zero-order chi connectivity index (χ0) is 9.84. The van der Waals surface area contributed by atoms with Crippen molar-refractivity contribution >= 4 is 23.5 Å². The van der Waals surface area contributed by atoms with E-state index in [-0.39, 0.29) is 5.75 Å². The summed E-state index contributed by atoms with van der Waals surface area (Å²) in [5.74, 6) is -0.557. The van der Waals surface area contributed by atoms with Crippen molar-refractivity contribution < 1.29 is 9.90 Å². The number of aromatic nitrogens is 2. The molecule has 3 N–H and O–H groups in total. The van der Waals surface area contributed by atoms with Crippen LogP contribution in [0.2, 0.25) is 0 Å². The van der Waals surface area contributed by atoms with Gasteiger partial charge in [-0.3, -0.25) is 4.79 Å². The van der Waals surface area contributed by atoms with Crippen LogP contribution in [-0.4, -0.2) is 26.8 Å². The van der Waals surface area contributed by atoms with Gasteiger partial charge >= 0.3 is 5.97 Å². The molecule has 0 bridgehead atoms. The van der Waals surface area contributed by atoms with Gasteiger partial charge in [-0.05, 0) is 6.92 Å². The molecule has 0 aliphatic rings. The Kier molecular flexibility index (Phi) is 3.07. The van der Waals surface area contributed by atoms with Crippen molar-refractivity contribution in [2.45, 2.75) is 12.1 Å². The second-order valence-corrected chi connectivity index (χ2v) is 3.35. The van der Waals surface area contributed by atoms with E-state index in [0.717, 1.165) is 17.3 Å². The van der Waals surface area contributed by atoms with E-state index in [1.165, 1.54) is 0 Å². The molecule has 1 aromatic heterocycles. The van der Waals surface area contributed by atoms with Gasteiger partial charge in [-0.15, -0.1) is 0 Å². The number of carbonyl (C=O) groups is 1. The van der Waals surface area contributed by atoms with Crippen LogP contribution in [0.4, 0.5) is 5.82 Å². The first-order valence-corrected chi connectivity index (χ1v) is 4.52. The van der Waals surface area contributed by atoms with Crippen molar-refractivity contribution in [1.82, 2.24) is 9.97 Å². The Morgan fingerprint density at radius 1 is 1.77 bits per heavy atom. The summed E-state index contributed by atoms with van der Waals surface area (Å²) < 4.78 is 0. The van der Waals surface area contributed by atoms with E-state index in [1.807, 2.05) is 0 Å². The maximum Gasteiger partial charge on any atom is 0.313 e. The molecule has 70 valence electrons. The summed E-state index contributed by atoms with van der Waals surface area (Å²) >= 11 is 1.05. The second-order valence-electron chi connectivity index (χ2n) is 2.40. The lowest BCUT2D eigenvalue weighted by atomic mass is 10.4. The van der Waals surface area contributed by atoms with Crippen LogP contribution in [0, 0.1) is 6.92 Å². The minimum Gasteiger partial charge on any atom is -0.481 e. The highest BCUT2D eigenvalue weighted by molar-refractivity contribution is 7.99. The molecule has 0 amide bonds. The lowest BCUT2D eigenvalue weighted by Gasteiger charge is -2.00. The van der Waals surface area contributed by atoms with Crippen molar-refractivity contribution in [3.8, 4) is 0 Å². The fraction of sp³-hybridized carbons (Fsp3) is 0.286. The Balaban J connectivity index is 2.68. The number of rotatable bonds is 3. The number of aryl methyl sites for hydroxylation is 1. The van der Waals surface area contributed by atoms with Crippen molar-refractivity contribution in [2.24, 2.45) is 0 Å². The van der Waals surface area contributed by atoms with Gasteiger partial charge in [-0.25, -0.2) is 9.97 Å². The van der Waals surface area contributed by atoms with Gasteiger partial charge in [0.05, 0.1) is 5.75 Å². The van der Waals surface area contributed by atoms with Crippen LogP contribution in [0.15, 0.2) is 11.4 Å². The lowest BCUT2D eigenvalue weighted by molar-refractivity contribution is -0.133. The van der Waals surface area contributed by atoms with Gasteiger partial charge in [-0.2, -0.15) is 0 Å². The van der Waals surface area contributed by atoms with E-state index >= 15 is 0 Å². The molecule has 13 heavy (non-hydrogen) atoms. The van der Waals surface area contributed by atoms with Gasteiger partial charge in [0, 0.05) is 11.8 Å². The molecule has 1 aromatic rings. The molecule has 6 heteroatoms. The molecular formula is C7H9N3O2S. The number of nitrogens with zero attached hydrogens (tertiary/aromatic N) is 2. The van der Waals surface area contributed by atoms with Crippen molar-refractivity contribution in [3.63, 3.8) is 0 Å². The molecule has 1 rings (SSSR count). The highest BCUT2D eigenvalue weighted by atomic mass is 32.2. The first kappa shape index (κ1) is 9.79. The Morgan fingerprint density at radius 2 is 2.46 bits per heavy atom. The van der Waals surface area contributed by atoms with Crippen molar-refractivity contribution in [1.29, 1.82) is 0 Å². The fourth-order valence-corrected chi connectivity index (χ4v) is 1.18. The summed E-state index contributed by atoms with van der Waals surface area (Å²) in [5, 5.41) is 8.79. The molecule has 1 heterocycles. The van der Waals surface area contributed by atoms with Crippen LogP contribution < -0.4 is 5.73 Å². The lowest BCUT2D eigenvalue weighted by Crippen LogP contribution is -2.01. The number of hydrogen-bond acceptors (Lipinski definition) is 5. The number of aliphatic carboxylic acids is 1. The second kappa shape index (κ2) is 4.08. The number of hydrogen-bond donors (Lipinski definition) is 2. The Labute approximate surface area is 79.4 Å². The maximum absolute atomic E-state index is 10.2. The van der Waals surface area contributed by atoms with Crippen LogP contribution in [0.25, 0.3) is 0 Å². The van der Waals surface area contributed by atoms with Crippen LogP contribution in [0.3, 0.4) is 0 Å². The smallest absolute Gasteiger partial charge is 0.313 e. The summed E-state index contributed by atoms with van der Waals surface area (Å²) in [5.41, 5.74) is 6.31. The first-order chi connectivity index (χ1) is 6.09. The summed E-state index contributed by atoms with van der Waals surface area (Å²) in [6.07, 6.45) is 1.58. The van der Waals surface area contributed by atoms with E-state index in [4.69, 9.17) is 10.8 Å². The molecule has 0 aliphatic carbocycles. The monoisotopic (exact) mass is 199 g/mol. The molecule has 0 aliphatic heterocycles. The van der Waals surface area contributed by atoms with Gasteiger partial charge in [0.25, 0.3) is 0 Å². The third kappa shape index (κ3) is 2.90. The SMILES string of the molecule is Cc1cnc(SCC(=O)O)nc1N. The number of thioether (sulfide) groups is 1. The van der Waals surface area contributed by atoms with Gasteiger partial charge < -0.3 is 10.8 Å². The normalized spacial score (nSPS) is 9.92. The zero-order valence-corrected chi connectivity index (χ0v) is 7.84. The number of nitrogen functional groups attached to an aromatic ring is 1. The summed E-state index contributed by atoms with van der Waals surface area (Å²) in [6.45, 7) is 1.79. The maximum atomic E-state index is 10.2. The molecule has 0 saturated heterocycles. The van der Waals surface area contributed by atoms with Crippen molar-refractivity contribution in [3.05, 3.63) is 11.8 Å². The number of carboxylic acids is 1. The average Bonchev–Trinajstić information content (AvgIpc) is 2.07.